The molecule has 1 heterocycles. The lowest BCUT2D eigenvalue weighted by atomic mass is 10.1. The first-order chi connectivity index (χ1) is 8.12. The maximum absolute atomic E-state index is 12.1. The molecule has 0 aromatic heterocycles. The van der Waals surface area contributed by atoms with E-state index in [0.717, 1.165) is 32.7 Å². The van der Waals surface area contributed by atoms with Crippen molar-refractivity contribution in [2.24, 2.45) is 0 Å². The summed E-state index contributed by atoms with van der Waals surface area (Å²) in [4.78, 5) is 16.3. The Hall–Kier alpha value is -0.610. The van der Waals surface area contributed by atoms with E-state index in [2.05, 4.69) is 18.7 Å². The second kappa shape index (κ2) is 6.97. The van der Waals surface area contributed by atoms with E-state index in [1.807, 2.05) is 18.7 Å². The van der Waals surface area contributed by atoms with Crippen molar-refractivity contribution < 1.29 is 9.53 Å². The summed E-state index contributed by atoms with van der Waals surface area (Å²) in [5.74, 6) is 0.238. The molecule has 0 saturated carbocycles. The zero-order valence-electron chi connectivity index (χ0n) is 11.6. The quantitative estimate of drug-likeness (QED) is 0.729. The molecule has 1 amide bonds. The van der Waals surface area contributed by atoms with Crippen LogP contribution in [0.15, 0.2) is 0 Å². The molecule has 1 fully saturated rings. The summed E-state index contributed by atoms with van der Waals surface area (Å²) < 4.78 is 5.64. The second-order valence-corrected chi connectivity index (χ2v) is 4.70. The SMILES string of the molecule is CC[C@H]1CO[C@@H](C)CN1CC(=O)N(CC)CC. The third-order valence-electron chi connectivity index (χ3n) is 3.51. The van der Waals surface area contributed by atoms with Gasteiger partial charge in [0.25, 0.3) is 0 Å². The first-order valence-electron chi connectivity index (χ1n) is 6.75. The third kappa shape index (κ3) is 3.96. The summed E-state index contributed by atoms with van der Waals surface area (Å²) in [6.45, 7) is 12.0. The van der Waals surface area contributed by atoms with Crippen LogP contribution in [0.3, 0.4) is 0 Å². The van der Waals surface area contributed by atoms with E-state index in [1.54, 1.807) is 0 Å². The van der Waals surface area contributed by atoms with Gasteiger partial charge in [0.1, 0.15) is 0 Å². The van der Waals surface area contributed by atoms with Crippen molar-refractivity contribution in [3.8, 4) is 0 Å². The largest absolute Gasteiger partial charge is 0.376 e. The maximum Gasteiger partial charge on any atom is 0.236 e. The number of rotatable bonds is 5. The number of carbonyl (C=O) groups excluding carboxylic acids is 1. The lowest BCUT2D eigenvalue weighted by Crippen LogP contribution is -2.52. The maximum atomic E-state index is 12.1. The van der Waals surface area contributed by atoms with Gasteiger partial charge in [-0.25, -0.2) is 0 Å². The highest BCUT2D eigenvalue weighted by molar-refractivity contribution is 5.78. The summed E-state index contributed by atoms with van der Waals surface area (Å²) in [6, 6.07) is 0.394. The smallest absolute Gasteiger partial charge is 0.236 e. The number of nitrogens with zero attached hydrogens (tertiary/aromatic N) is 2. The molecule has 1 aliphatic heterocycles. The van der Waals surface area contributed by atoms with Gasteiger partial charge in [-0.15, -0.1) is 0 Å². The lowest BCUT2D eigenvalue weighted by molar-refractivity contribution is -0.136. The van der Waals surface area contributed by atoms with Gasteiger partial charge >= 0.3 is 0 Å². The molecule has 4 heteroatoms. The van der Waals surface area contributed by atoms with Crippen LogP contribution in [-0.2, 0) is 9.53 Å². The molecule has 0 bridgehead atoms. The zero-order valence-corrected chi connectivity index (χ0v) is 11.6. The van der Waals surface area contributed by atoms with Crippen molar-refractivity contribution in [3.63, 3.8) is 0 Å². The molecular weight excluding hydrogens is 216 g/mol. The minimum Gasteiger partial charge on any atom is -0.376 e. The molecule has 0 aromatic rings. The van der Waals surface area contributed by atoms with Crippen LogP contribution in [0.4, 0.5) is 0 Å². The molecule has 1 aliphatic rings. The number of morpholine rings is 1. The fraction of sp³-hybridized carbons (Fsp3) is 0.923. The number of likely N-dealkylation sites (N-methyl/N-ethyl adjacent to an activating group) is 1. The Bertz CT molecular complexity index is 242. The van der Waals surface area contributed by atoms with Crippen molar-refractivity contribution in [1.82, 2.24) is 9.80 Å². The van der Waals surface area contributed by atoms with Gasteiger partial charge in [0.2, 0.25) is 5.91 Å². The summed E-state index contributed by atoms with van der Waals surface area (Å²) >= 11 is 0. The summed E-state index contributed by atoms with van der Waals surface area (Å²) in [5, 5.41) is 0. The number of carbonyl (C=O) groups is 1. The van der Waals surface area contributed by atoms with Gasteiger partial charge in [-0.2, -0.15) is 0 Å². The summed E-state index contributed by atoms with van der Waals surface area (Å²) in [6.07, 6.45) is 1.28. The number of ether oxygens (including phenoxy) is 1. The molecule has 4 nitrogen and oxygen atoms in total. The zero-order chi connectivity index (χ0) is 12.8. The minimum atomic E-state index is 0.238. The summed E-state index contributed by atoms with van der Waals surface area (Å²) in [7, 11) is 0. The van der Waals surface area contributed by atoms with Gasteiger partial charge in [0, 0.05) is 25.7 Å². The average molecular weight is 242 g/mol. The Balaban J connectivity index is 2.54. The van der Waals surface area contributed by atoms with E-state index >= 15 is 0 Å². The molecule has 0 aromatic carbocycles. The van der Waals surface area contributed by atoms with E-state index < -0.39 is 0 Å². The minimum absolute atomic E-state index is 0.238. The van der Waals surface area contributed by atoms with Crippen LogP contribution in [-0.4, -0.2) is 60.6 Å². The molecule has 1 rings (SSSR count). The Morgan fingerprint density at radius 2 is 2.00 bits per heavy atom. The van der Waals surface area contributed by atoms with E-state index in [0.29, 0.717) is 12.6 Å². The fourth-order valence-electron chi connectivity index (χ4n) is 2.33. The normalized spacial score (nSPS) is 25.9. The Kier molecular flexibility index (Phi) is 5.92. The van der Waals surface area contributed by atoms with Crippen LogP contribution in [0.25, 0.3) is 0 Å². The standard InChI is InChI=1S/C13H26N2O2/c1-5-12-10-17-11(4)8-15(12)9-13(16)14(6-2)7-3/h11-12H,5-10H2,1-4H3/t11-,12-/m0/s1. The van der Waals surface area contributed by atoms with E-state index in [1.165, 1.54) is 0 Å². The highest BCUT2D eigenvalue weighted by Gasteiger charge is 2.27. The molecule has 0 N–H and O–H groups in total. The highest BCUT2D eigenvalue weighted by atomic mass is 16.5. The average Bonchev–Trinajstić information content (AvgIpc) is 2.31. The molecule has 0 spiro atoms. The topological polar surface area (TPSA) is 32.8 Å². The van der Waals surface area contributed by atoms with Crippen LogP contribution < -0.4 is 0 Å². The molecule has 17 heavy (non-hydrogen) atoms. The van der Waals surface area contributed by atoms with Gasteiger partial charge in [-0.05, 0) is 27.2 Å². The Morgan fingerprint density at radius 3 is 2.53 bits per heavy atom. The van der Waals surface area contributed by atoms with E-state index in [9.17, 15) is 4.79 Å². The van der Waals surface area contributed by atoms with Gasteiger partial charge < -0.3 is 9.64 Å². The number of hydrogen-bond acceptors (Lipinski definition) is 3. The van der Waals surface area contributed by atoms with E-state index in [-0.39, 0.29) is 12.0 Å². The van der Waals surface area contributed by atoms with Gasteiger partial charge in [-0.1, -0.05) is 6.92 Å². The number of hydrogen-bond donors (Lipinski definition) is 0. The molecule has 1 saturated heterocycles. The fourth-order valence-corrected chi connectivity index (χ4v) is 2.33. The predicted molar refractivity (Wildman–Crippen MR) is 69.0 cm³/mol. The lowest BCUT2D eigenvalue weighted by Gasteiger charge is -2.38. The van der Waals surface area contributed by atoms with Crippen LogP contribution >= 0.6 is 0 Å². The van der Waals surface area contributed by atoms with Crippen molar-refractivity contribution in [2.45, 2.75) is 46.3 Å². The molecule has 0 unspecified atom stereocenters. The van der Waals surface area contributed by atoms with Crippen molar-refractivity contribution in [1.29, 1.82) is 0 Å². The molecule has 100 valence electrons. The van der Waals surface area contributed by atoms with E-state index in [4.69, 9.17) is 4.74 Å². The van der Waals surface area contributed by atoms with Crippen LogP contribution in [0, 0.1) is 0 Å². The first kappa shape index (κ1) is 14.5. The first-order valence-corrected chi connectivity index (χ1v) is 6.75. The van der Waals surface area contributed by atoms with Crippen molar-refractivity contribution in [2.75, 3.05) is 32.8 Å². The van der Waals surface area contributed by atoms with Crippen LogP contribution in [0.1, 0.15) is 34.1 Å². The van der Waals surface area contributed by atoms with Crippen molar-refractivity contribution >= 4 is 5.91 Å². The molecular formula is C13H26N2O2. The van der Waals surface area contributed by atoms with Crippen LogP contribution in [0.5, 0.6) is 0 Å². The van der Waals surface area contributed by atoms with Crippen LogP contribution in [0.2, 0.25) is 0 Å². The van der Waals surface area contributed by atoms with Gasteiger partial charge in [0.05, 0.1) is 19.3 Å². The molecule has 2 atom stereocenters. The molecule has 0 radical (unpaired) electrons. The van der Waals surface area contributed by atoms with Gasteiger partial charge in [0.15, 0.2) is 0 Å². The molecule has 0 aliphatic carbocycles. The second-order valence-electron chi connectivity index (χ2n) is 4.70. The Morgan fingerprint density at radius 1 is 1.35 bits per heavy atom. The monoisotopic (exact) mass is 242 g/mol. The summed E-state index contributed by atoms with van der Waals surface area (Å²) in [5.41, 5.74) is 0. The predicted octanol–water partition coefficient (Wildman–Crippen LogP) is 1.35. The van der Waals surface area contributed by atoms with Gasteiger partial charge in [-0.3, -0.25) is 9.69 Å². The third-order valence-corrected chi connectivity index (χ3v) is 3.51. The van der Waals surface area contributed by atoms with Crippen molar-refractivity contribution in [3.05, 3.63) is 0 Å². The number of amides is 1. The Labute approximate surface area is 105 Å². The highest BCUT2D eigenvalue weighted by Crippen LogP contribution is 2.14.